The molecular formula is C20H24N2O3S. The molecule has 5 nitrogen and oxygen atoms in total. The van der Waals surface area contributed by atoms with Gasteiger partial charge in [0.25, 0.3) is 0 Å². The third kappa shape index (κ3) is 4.14. The Morgan fingerprint density at radius 2 is 1.69 bits per heavy atom. The van der Waals surface area contributed by atoms with Crippen LogP contribution in [0.2, 0.25) is 0 Å². The van der Waals surface area contributed by atoms with Gasteiger partial charge in [-0.15, -0.1) is 0 Å². The van der Waals surface area contributed by atoms with Crippen molar-refractivity contribution in [3.8, 4) is 0 Å². The van der Waals surface area contributed by atoms with Crippen LogP contribution in [0, 0.1) is 5.92 Å². The van der Waals surface area contributed by atoms with E-state index in [-0.39, 0.29) is 29.3 Å². The summed E-state index contributed by atoms with van der Waals surface area (Å²) in [6.07, 6.45) is 1.39. The lowest BCUT2D eigenvalue weighted by molar-refractivity contribution is -0.126. The Kier molecular flexibility index (Phi) is 5.74. The largest absolute Gasteiger partial charge is 0.349 e. The third-order valence-corrected chi connectivity index (χ3v) is 6.67. The van der Waals surface area contributed by atoms with E-state index in [1.54, 1.807) is 30.3 Å². The van der Waals surface area contributed by atoms with Crippen LogP contribution in [0.25, 0.3) is 0 Å². The van der Waals surface area contributed by atoms with E-state index in [2.05, 4.69) is 5.32 Å². The van der Waals surface area contributed by atoms with E-state index >= 15 is 0 Å². The van der Waals surface area contributed by atoms with Crippen molar-refractivity contribution < 1.29 is 13.2 Å². The summed E-state index contributed by atoms with van der Waals surface area (Å²) < 4.78 is 27.0. The summed E-state index contributed by atoms with van der Waals surface area (Å²) in [6.45, 7) is 2.62. The Morgan fingerprint density at radius 3 is 2.35 bits per heavy atom. The maximum atomic E-state index is 12.8. The minimum absolute atomic E-state index is 0.0886. The molecule has 0 spiro atoms. The molecule has 1 N–H and O–H groups in total. The Labute approximate surface area is 155 Å². The van der Waals surface area contributed by atoms with Crippen LogP contribution in [0.1, 0.15) is 31.4 Å². The fourth-order valence-corrected chi connectivity index (χ4v) is 4.82. The molecule has 1 aliphatic rings. The van der Waals surface area contributed by atoms with E-state index in [0.29, 0.717) is 19.4 Å². The summed E-state index contributed by atoms with van der Waals surface area (Å²) in [6, 6.07) is 18.0. The summed E-state index contributed by atoms with van der Waals surface area (Å²) >= 11 is 0. The quantitative estimate of drug-likeness (QED) is 0.877. The van der Waals surface area contributed by atoms with Crippen LogP contribution < -0.4 is 5.32 Å². The van der Waals surface area contributed by atoms with E-state index in [0.717, 1.165) is 5.56 Å². The van der Waals surface area contributed by atoms with Crippen molar-refractivity contribution in [2.75, 3.05) is 13.1 Å². The summed E-state index contributed by atoms with van der Waals surface area (Å²) in [5.74, 6) is -0.414. The average Bonchev–Trinajstić information content (AvgIpc) is 2.69. The molecule has 1 aliphatic heterocycles. The summed E-state index contributed by atoms with van der Waals surface area (Å²) in [7, 11) is -3.56. The number of piperidine rings is 1. The van der Waals surface area contributed by atoms with Crippen LogP contribution in [0.4, 0.5) is 0 Å². The first-order chi connectivity index (χ1) is 12.5. The highest BCUT2D eigenvalue weighted by atomic mass is 32.2. The molecule has 1 saturated heterocycles. The Bertz CT molecular complexity index is 838. The van der Waals surface area contributed by atoms with Gasteiger partial charge in [0.15, 0.2) is 0 Å². The zero-order valence-electron chi connectivity index (χ0n) is 14.8. The van der Waals surface area contributed by atoms with E-state index in [9.17, 15) is 13.2 Å². The molecule has 1 amide bonds. The zero-order valence-corrected chi connectivity index (χ0v) is 15.7. The second kappa shape index (κ2) is 8.01. The van der Waals surface area contributed by atoms with Crippen LogP contribution in [0.3, 0.4) is 0 Å². The van der Waals surface area contributed by atoms with Gasteiger partial charge >= 0.3 is 0 Å². The Morgan fingerprint density at radius 1 is 1.08 bits per heavy atom. The molecule has 0 saturated carbocycles. The predicted molar refractivity (Wildman–Crippen MR) is 101 cm³/mol. The molecule has 0 aliphatic carbocycles. The van der Waals surface area contributed by atoms with E-state index < -0.39 is 10.0 Å². The highest BCUT2D eigenvalue weighted by molar-refractivity contribution is 7.89. The lowest BCUT2D eigenvalue weighted by atomic mass is 9.98. The highest BCUT2D eigenvalue weighted by Crippen LogP contribution is 2.24. The van der Waals surface area contributed by atoms with Crippen molar-refractivity contribution in [1.29, 1.82) is 0 Å². The minimum Gasteiger partial charge on any atom is -0.349 e. The number of sulfonamides is 1. The molecule has 2 aromatic carbocycles. The smallest absolute Gasteiger partial charge is 0.243 e. The molecule has 0 aromatic heterocycles. The Hall–Kier alpha value is -2.18. The fraction of sp³-hybridized carbons (Fsp3) is 0.350. The van der Waals surface area contributed by atoms with Crippen molar-refractivity contribution in [2.45, 2.75) is 30.7 Å². The molecule has 2 aromatic rings. The van der Waals surface area contributed by atoms with E-state index in [1.165, 1.54) is 4.31 Å². The third-order valence-electron chi connectivity index (χ3n) is 4.79. The van der Waals surface area contributed by atoms with Crippen molar-refractivity contribution in [3.05, 3.63) is 66.2 Å². The fourth-order valence-electron chi connectivity index (χ4n) is 3.27. The second-order valence-corrected chi connectivity index (χ2v) is 8.59. The van der Waals surface area contributed by atoms with Crippen LogP contribution >= 0.6 is 0 Å². The van der Waals surface area contributed by atoms with Gasteiger partial charge in [0.05, 0.1) is 16.9 Å². The summed E-state index contributed by atoms with van der Waals surface area (Å²) in [5.41, 5.74) is 1.03. The monoisotopic (exact) mass is 372 g/mol. The number of carbonyl (C=O) groups excluding carboxylic acids is 1. The van der Waals surface area contributed by atoms with Gasteiger partial charge in [-0.1, -0.05) is 48.5 Å². The molecule has 1 heterocycles. The van der Waals surface area contributed by atoms with Crippen LogP contribution in [0.5, 0.6) is 0 Å². The summed E-state index contributed by atoms with van der Waals surface area (Å²) in [5, 5.41) is 3.02. The lowest BCUT2D eigenvalue weighted by Crippen LogP contribution is -2.45. The average molecular weight is 372 g/mol. The normalized spacial score (nSPS) is 19.7. The SMILES string of the molecule is C[C@@H](NC(=O)[C@H]1CCCN(S(=O)(=O)c2ccccc2)C1)c1ccccc1. The highest BCUT2D eigenvalue weighted by Gasteiger charge is 2.33. The molecule has 2 atom stereocenters. The van der Waals surface area contributed by atoms with E-state index in [1.807, 2.05) is 37.3 Å². The molecular weight excluding hydrogens is 348 g/mol. The molecule has 26 heavy (non-hydrogen) atoms. The minimum atomic E-state index is -3.56. The van der Waals surface area contributed by atoms with Gasteiger partial charge < -0.3 is 5.32 Å². The van der Waals surface area contributed by atoms with Gasteiger partial charge in [-0.3, -0.25) is 4.79 Å². The van der Waals surface area contributed by atoms with Crippen molar-refractivity contribution >= 4 is 15.9 Å². The van der Waals surface area contributed by atoms with Crippen LogP contribution in [-0.2, 0) is 14.8 Å². The lowest BCUT2D eigenvalue weighted by Gasteiger charge is -2.32. The van der Waals surface area contributed by atoms with Crippen molar-refractivity contribution in [3.63, 3.8) is 0 Å². The molecule has 6 heteroatoms. The van der Waals surface area contributed by atoms with Gasteiger partial charge in [0, 0.05) is 13.1 Å². The number of rotatable bonds is 5. The first-order valence-corrected chi connectivity index (χ1v) is 10.3. The van der Waals surface area contributed by atoms with Gasteiger partial charge in [-0.05, 0) is 37.5 Å². The topological polar surface area (TPSA) is 66.5 Å². The Balaban J connectivity index is 1.67. The molecule has 3 rings (SSSR count). The van der Waals surface area contributed by atoms with Gasteiger partial charge in [-0.25, -0.2) is 8.42 Å². The number of carbonyl (C=O) groups is 1. The zero-order chi connectivity index (χ0) is 18.6. The maximum Gasteiger partial charge on any atom is 0.243 e. The molecule has 1 fully saturated rings. The molecule has 0 bridgehead atoms. The number of nitrogens with zero attached hydrogens (tertiary/aromatic N) is 1. The van der Waals surface area contributed by atoms with E-state index in [4.69, 9.17) is 0 Å². The number of amides is 1. The molecule has 0 unspecified atom stereocenters. The second-order valence-electron chi connectivity index (χ2n) is 6.66. The first-order valence-electron chi connectivity index (χ1n) is 8.89. The first kappa shape index (κ1) is 18.6. The number of hydrogen-bond acceptors (Lipinski definition) is 3. The molecule has 0 radical (unpaired) electrons. The van der Waals surface area contributed by atoms with Crippen LogP contribution in [0.15, 0.2) is 65.6 Å². The number of nitrogens with one attached hydrogen (secondary N) is 1. The van der Waals surface area contributed by atoms with Gasteiger partial charge in [0.1, 0.15) is 0 Å². The van der Waals surface area contributed by atoms with Gasteiger partial charge in [0.2, 0.25) is 15.9 Å². The van der Waals surface area contributed by atoms with Crippen molar-refractivity contribution in [2.24, 2.45) is 5.92 Å². The maximum absolute atomic E-state index is 12.8. The van der Waals surface area contributed by atoms with Gasteiger partial charge in [-0.2, -0.15) is 4.31 Å². The standard InChI is InChI=1S/C20H24N2O3S/c1-16(17-9-4-2-5-10-17)21-20(23)18-11-8-14-22(15-18)26(24,25)19-12-6-3-7-13-19/h2-7,9-10,12-13,16,18H,8,11,14-15H2,1H3,(H,21,23)/t16-,18+/m1/s1. The number of benzene rings is 2. The van der Waals surface area contributed by atoms with Crippen LogP contribution in [-0.4, -0.2) is 31.7 Å². The van der Waals surface area contributed by atoms with Crippen molar-refractivity contribution in [1.82, 2.24) is 9.62 Å². The summed E-state index contributed by atoms with van der Waals surface area (Å²) in [4.78, 5) is 12.9. The number of hydrogen-bond donors (Lipinski definition) is 1. The predicted octanol–water partition coefficient (Wildman–Crippen LogP) is 2.96. The molecule has 138 valence electrons.